The second-order valence-corrected chi connectivity index (χ2v) is 7.34. The molecule has 0 unspecified atom stereocenters. The molecule has 2 aromatic carbocycles. The molecule has 1 aliphatic carbocycles. The lowest BCUT2D eigenvalue weighted by Crippen LogP contribution is -2.36. The van der Waals surface area contributed by atoms with Crippen LogP contribution in [0.25, 0.3) is 6.08 Å². The summed E-state index contributed by atoms with van der Waals surface area (Å²) in [4.78, 5) is 26.5. The zero-order chi connectivity index (χ0) is 20.1. The van der Waals surface area contributed by atoms with E-state index < -0.39 is 0 Å². The Morgan fingerprint density at radius 3 is 2.52 bits per heavy atom. The molecule has 1 heterocycles. The van der Waals surface area contributed by atoms with Gasteiger partial charge in [-0.3, -0.25) is 9.59 Å². The number of nitrogens with zero attached hydrogens (tertiary/aromatic N) is 1. The van der Waals surface area contributed by atoms with Crippen molar-refractivity contribution in [3.63, 3.8) is 0 Å². The van der Waals surface area contributed by atoms with Gasteiger partial charge in [0.1, 0.15) is 0 Å². The molecule has 1 aliphatic heterocycles. The Bertz CT molecular complexity index is 898. The summed E-state index contributed by atoms with van der Waals surface area (Å²) in [6.07, 6.45) is 5.37. The average molecular weight is 391 g/mol. The molecule has 0 spiro atoms. The van der Waals surface area contributed by atoms with Crippen LogP contribution in [0.3, 0.4) is 0 Å². The zero-order valence-electron chi connectivity index (χ0n) is 16.3. The van der Waals surface area contributed by atoms with Gasteiger partial charge in [0.15, 0.2) is 0 Å². The molecular formula is C23H25N3O3. The number of anilines is 2. The molecule has 1 saturated carbocycles. The maximum absolute atomic E-state index is 12.3. The monoisotopic (exact) mass is 391 g/mol. The van der Waals surface area contributed by atoms with Gasteiger partial charge in [-0.15, -0.1) is 0 Å². The van der Waals surface area contributed by atoms with Crippen molar-refractivity contribution >= 4 is 29.3 Å². The number of hydrogen-bond acceptors (Lipinski definition) is 4. The van der Waals surface area contributed by atoms with Crippen LogP contribution in [-0.2, 0) is 9.53 Å². The first-order valence-electron chi connectivity index (χ1n) is 10.0. The van der Waals surface area contributed by atoms with Crippen LogP contribution in [0.1, 0.15) is 28.8 Å². The second-order valence-electron chi connectivity index (χ2n) is 7.34. The summed E-state index contributed by atoms with van der Waals surface area (Å²) in [6, 6.07) is 15.4. The van der Waals surface area contributed by atoms with Crippen molar-refractivity contribution < 1.29 is 14.3 Å². The summed E-state index contributed by atoms with van der Waals surface area (Å²) in [7, 11) is 0. The first-order valence-corrected chi connectivity index (χ1v) is 10.0. The number of benzene rings is 2. The van der Waals surface area contributed by atoms with Crippen LogP contribution in [0.5, 0.6) is 0 Å². The number of carbonyl (C=O) groups excluding carboxylic acids is 2. The molecule has 6 nitrogen and oxygen atoms in total. The molecule has 0 aromatic heterocycles. The highest BCUT2D eigenvalue weighted by atomic mass is 16.5. The van der Waals surface area contributed by atoms with E-state index in [1.807, 2.05) is 36.4 Å². The molecule has 2 fully saturated rings. The first-order chi connectivity index (χ1) is 14.2. The minimum absolute atomic E-state index is 0.0408. The third kappa shape index (κ3) is 5.45. The lowest BCUT2D eigenvalue weighted by Gasteiger charge is -2.29. The van der Waals surface area contributed by atoms with Crippen LogP contribution in [0.2, 0.25) is 0 Å². The van der Waals surface area contributed by atoms with Crippen molar-refractivity contribution in [1.82, 2.24) is 5.32 Å². The van der Waals surface area contributed by atoms with Crippen LogP contribution in [0.4, 0.5) is 11.4 Å². The predicted octanol–water partition coefficient (Wildman–Crippen LogP) is 3.07. The van der Waals surface area contributed by atoms with Crippen LogP contribution in [0, 0.1) is 0 Å². The quantitative estimate of drug-likeness (QED) is 0.743. The second kappa shape index (κ2) is 8.92. The third-order valence-corrected chi connectivity index (χ3v) is 5.00. The van der Waals surface area contributed by atoms with E-state index in [4.69, 9.17) is 4.74 Å². The van der Waals surface area contributed by atoms with Gasteiger partial charge in [-0.1, -0.05) is 18.2 Å². The van der Waals surface area contributed by atoms with Crippen LogP contribution in [0.15, 0.2) is 54.6 Å². The Balaban J connectivity index is 1.33. The van der Waals surface area contributed by atoms with Crippen molar-refractivity contribution in [3.8, 4) is 0 Å². The third-order valence-electron chi connectivity index (χ3n) is 5.00. The van der Waals surface area contributed by atoms with E-state index in [0.29, 0.717) is 11.6 Å². The average Bonchev–Trinajstić information content (AvgIpc) is 3.57. The van der Waals surface area contributed by atoms with Gasteiger partial charge < -0.3 is 20.3 Å². The molecule has 6 heteroatoms. The minimum Gasteiger partial charge on any atom is -0.378 e. The molecule has 0 atom stereocenters. The van der Waals surface area contributed by atoms with Gasteiger partial charge >= 0.3 is 0 Å². The maximum atomic E-state index is 12.3. The minimum atomic E-state index is -0.195. The SMILES string of the molecule is O=C(C=Cc1ccc(C(=O)NC2CC2)cc1)Nc1cccc(N2CCOCC2)c1. The molecule has 2 aliphatic rings. The standard InChI is InChI=1S/C23H25N3O3/c27-22(24-20-2-1-3-21(16-20)26-12-14-29-15-13-26)11-6-17-4-7-18(8-5-17)23(28)25-19-9-10-19/h1-8,11,16,19H,9-10,12-15H2,(H,24,27)(H,25,28). The molecule has 2 aromatic rings. The van der Waals surface area contributed by atoms with E-state index in [9.17, 15) is 9.59 Å². The summed E-state index contributed by atoms with van der Waals surface area (Å²) >= 11 is 0. The molecule has 29 heavy (non-hydrogen) atoms. The van der Waals surface area contributed by atoms with Gasteiger partial charge in [0.2, 0.25) is 5.91 Å². The molecule has 2 amide bonds. The molecule has 1 saturated heterocycles. The summed E-state index contributed by atoms with van der Waals surface area (Å²) in [6.45, 7) is 3.15. The van der Waals surface area contributed by atoms with E-state index in [2.05, 4.69) is 15.5 Å². The summed E-state index contributed by atoms with van der Waals surface area (Å²) in [5.74, 6) is -0.236. The van der Waals surface area contributed by atoms with Gasteiger partial charge in [0.05, 0.1) is 13.2 Å². The smallest absolute Gasteiger partial charge is 0.251 e. The number of nitrogens with one attached hydrogen (secondary N) is 2. The zero-order valence-corrected chi connectivity index (χ0v) is 16.3. The maximum Gasteiger partial charge on any atom is 0.251 e. The van der Waals surface area contributed by atoms with Gasteiger partial charge in [-0.2, -0.15) is 0 Å². The summed E-state index contributed by atoms with van der Waals surface area (Å²) < 4.78 is 5.39. The lowest BCUT2D eigenvalue weighted by atomic mass is 10.1. The number of amides is 2. The van der Waals surface area contributed by atoms with Crippen molar-refractivity contribution in [3.05, 3.63) is 65.7 Å². The van der Waals surface area contributed by atoms with Crippen LogP contribution < -0.4 is 15.5 Å². The van der Waals surface area contributed by atoms with Crippen LogP contribution in [-0.4, -0.2) is 44.2 Å². The van der Waals surface area contributed by atoms with Crippen molar-refractivity contribution in [2.45, 2.75) is 18.9 Å². The van der Waals surface area contributed by atoms with E-state index in [1.165, 1.54) is 6.08 Å². The van der Waals surface area contributed by atoms with Crippen molar-refractivity contribution in [2.24, 2.45) is 0 Å². The van der Waals surface area contributed by atoms with Gasteiger partial charge in [0, 0.05) is 42.1 Å². The molecule has 0 radical (unpaired) electrons. The van der Waals surface area contributed by atoms with E-state index in [-0.39, 0.29) is 11.8 Å². The molecular weight excluding hydrogens is 366 g/mol. The Morgan fingerprint density at radius 1 is 1.03 bits per heavy atom. The molecule has 0 bridgehead atoms. The van der Waals surface area contributed by atoms with Crippen molar-refractivity contribution in [1.29, 1.82) is 0 Å². The van der Waals surface area contributed by atoms with E-state index in [0.717, 1.165) is 56.1 Å². The largest absolute Gasteiger partial charge is 0.378 e. The normalized spacial score (nSPS) is 16.6. The number of ether oxygens (including phenoxy) is 1. The Kier molecular flexibility index (Phi) is 5.91. The van der Waals surface area contributed by atoms with E-state index >= 15 is 0 Å². The fourth-order valence-corrected chi connectivity index (χ4v) is 3.20. The lowest BCUT2D eigenvalue weighted by molar-refractivity contribution is -0.111. The highest BCUT2D eigenvalue weighted by molar-refractivity contribution is 6.02. The number of morpholine rings is 1. The van der Waals surface area contributed by atoms with Crippen LogP contribution >= 0.6 is 0 Å². The summed E-state index contributed by atoms with van der Waals surface area (Å²) in [5.41, 5.74) is 3.34. The molecule has 4 rings (SSSR count). The Labute approximate surface area is 170 Å². The predicted molar refractivity (Wildman–Crippen MR) is 114 cm³/mol. The fourth-order valence-electron chi connectivity index (χ4n) is 3.20. The Morgan fingerprint density at radius 2 is 1.79 bits per heavy atom. The highest BCUT2D eigenvalue weighted by Crippen LogP contribution is 2.21. The number of carbonyl (C=O) groups is 2. The first kappa shape index (κ1) is 19.2. The number of rotatable bonds is 6. The highest BCUT2D eigenvalue weighted by Gasteiger charge is 2.23. The van der Waals surface area contributed by atoms with E-state index in [1.54, 1.807) is 18.2 Å². The topological polar surface area (TPSA) is 70.7 Å². The van der Waals surface area contributed by atoms with Gasteiger partial charge in [-0.05, 0) is 54.8 Å². The Hall–Kier alpha value is -3.12. The van der Waals surface area contributed by atoms with Gasteiger partial charge in [-0.25, -0.2) is 0 Å². The van der Waals surface area contributed by atoms with Crippen molar-refractivity contribution in [2.75, 3.05) is 36.5 Å². The summed E-state index contributed by atoms with van der Waals surface area (Å²) in [5, 5.41) is 5.87. The number of hydrogen-bond donors (Lipinski definition) is 2. The fraction of sp³-hybridized carbons (Fsp3) is 0.304. The molecule has 150 valence electrons. The van der Waals surface area contributed by atoms with Gasteiger partial charge in [0.25, 0.3) is 5.91 Å². The molecule has 2 N–H and O–H groups in total.